The highest BCUT2D eigenvalue weighted by atomic mass is 19.1. The maximum Gasteiger partial charge on any atom is 0.124 e. The molecule has 0 spiro atoms. The summed E-state index contributed by atoms with van der Waals surface area (Å²) in [5.41, 5.74) is 1.57. The number of hydrogen-bond acceptors (Lipinski definition) is 2. The molecule has 0 saturated carbocycles. The number of nitrogens with zero attached hydrogens (tertiary/aromatic N) is 1. The van der Waals surface area contributed by atoms with Crippen molar-refractivity contribution in [2.75, 3.05) is 5.32 Å². The summed E-state index contributed by atoms with van der Waals surface area (Å²) in [6.45, 7) is 1.96. The molecule has 0 aliphatic rings. The van der Waals surface area contributed by atoms with Gasteiger partial charge in [0.25, 0.3) is 0 Å². The van der Waals surface area contributed by atoms with Gasteiger partial charge in [-0.25, -0.2) is 8.78 Å². The molecule has 1 unspecified atom stereocenters. The molecule has 20 heavy (non-hydrogen) atoms. The standard InChI is InChI=1S/C16H14F2N2/c1-2-15(11-4-3-5-13(17)8-11)20-16-7-6-14(18)9-12(16)10-19/h3-9,15,20H,2H2,1H3. The van der Waals surface area contributed by atoms with E-state index in [1.807, 2.05) is 19.1 Å². The van der Waals surface area contributed by atoms with Gasteiger partial charge in [-0.15, -0.1) is 0 Å². The first-order valence-corrected chi connectivity index (χ1v) is 6.35. The van der Waals surface area contributed by atoms with Crippen LogP contribution in [-0.2, 0) is 0 Å². The molecule has 0 aliphatic carbocycles. The third-order valence-electron chi connectivity index (χ3n) is 3.09. The Kier molecular flexibility index (Phi) is 4.31. The van der Waals surface area contributed by atoms with Gasteiger partial charge in [0.15, 0.2) is 0 Å². The van der Waals surface area contributed by atoms with E-state index >= 15 is 0 Å². The SMILES string of the molecule is CCC(Nc1ccc(F)cc1C#N)c1cccc(F)c1. The first-order chi connectivity index (χ1) is 9.63. The second-order valence-corrected chi connectivity index (χ2v) is 4.46. The number of halogens is 2. The van der Waals surface area contributed by atoms with Crippen molar-refractivity contribution >= 4 is 5.69 Å². The molecule has 0 bridgehead atoms. The monoisotopic (exact) mass is 272 g/mol. The lowest BCUT2D eigenvalue weighted by atomic mass is 10.0. The second-order valence-electron chi connectivity index (χ2n) is 4.46. The minimum Gasteiger partial charge on any atom is -0.377 e. The third kappa shape index (κ3) is 3.12. The highest BCUT2D eigenvalue weighted by Gasteiger charge is 2.12. The highest BCUT2D eigenvalue weighted by Crippen LogP contribution is 2.25. The van der Waals surface area contributed by atoms with Crippen LogP contribution in [0.2, 0.25) is 0 Å². The van der Waals surface area contributed by atoms with E-state index < -0.39 is 5.82 Å². The van der Waals surface area contributed by atoms with Crippen LogP contribution in [0.1, 0.15) is 30.5 Å². The molecule has 0 heterocycles. The zero-order chi connectivity index (χ0) is 14.5. The van der Waals surface area contributed by atoms with E-state index in [4.69, 9.17) is 5.26 Å². The normalized spacial score (nSPS) is 11.7. The van der Waals surface area contributed by atoms with Crippen molar-refractivity contribution in [3.8, 4) is 6.07 Å². The third-order valence-corrected chi connectivity index (χ3v) is 3.09. The summed E-state index contributed by atoms with van der Waals surface area (Å²) < 4.78 is 26.4. The van der Waals surface area contributed by atoms with Crippen molar-refractivity contribution in [2.24, 2.45) is 0 Å². The van der Waals surface area contributed by atoms with Crippen molar-refractivity contribution in [3.05, 3.63) is 65.2 Å². The molecular weight excluding hydrogens is 258 g/mol. The van der Waals surface area contributed by atoms with Crippen molar-refractivity contribution in [2.45, 2.75) is 19.4 Å². The van der Waals surface area contributed by atoms with Crippen molar-refractivity contribution in [1.29, 1.82) is 5.26 Å². The fourth-order valence-corrected chi connectivity index (χ4v) is 2.07. The van der Waals surface area contributed by atoms with E-state index in [0.717, 1.165) is 5.56 Å². The summed E-state index contributed by atoms with van der Waals surface area (Å²) in [5.74, 6) is -0.756. The van der Waals surface area contributed by atoms with Gasteiger partial charge in [-0.05, 0) is 42.3 Å². The molecule has 0 aliphatic heterocycles. The van der Waals surface area contributed by atoms with E-state index in [9.17, 15) is 8.78 Å². The Balaban J connectivity index is 2.29. The lowest BCUT2D eigenvalue weighted by Gasteiger charge is -2.19. The summed E-state index contributed by atoms with van der Waals surface area (Å²) >= 11 is 0. The molecule has 0 radical (unpaired) electrons. The smallest absolute Gasteiger partial charge is 0.124 e. The lowest BCUT2D eigenvalue weighted by molar-refractivity contribution is 0.620. The predicted octanol–water partition coefficient (Wildman–Crippen LogP) is 4.40. The molecule has 2 rings (SSSR count). The van der Waals surface area contributed by atoms with E-state index in [2.05, 4.69) is 5.32 Å². The van der Waals surface area contributed by atoms with Crippen LogP contribution in [0.5, 0.6) is 0 Å². The Morgan fingerprint density at radius 1 is 1.15 bits per heavy atom. The average Bonchev–Trinajstić information content (AvgIpc) is 2.45. The molecule has 0 aromatic heterocycles. The molecule has 2 nitrogen and oxygen atoms in total. The Labute approximate surface area is 116 Å². The van der Waals surface area contributed by atoms with Gasteiger partial charge in [0.2, 0.25) is 0 Å². The summed E-state index contributed by atoms with van der Waals surface area (Å²) in [6.07, 6.45) is 0.714. The van der Waals surface area contributed by atoms with E-state index in [-0.39, 0.29) is 17.4 Å². The van der Waals surface area contributed by atoms with Crippen LogP contribution >= 0.6 is 0 Å². The van der Waals surface area contributed by atoms with Crippen LogP contribution in [0.3, 0.4) is 0 Å². The molecule has 1 N–H and O–H groups in total. The van der Waals surface area contributed by atoms with E-state index in [1.54, 1.807) is 6.07 Å². The molecule has 0 amide bonds. The molecule has 1 atom stereocenters. The van der Waals surface area contributed by atoms with Gasteiger partial charge in [0.1, 0.15) is 17.7 Å². The number of rotatable bonds is 4. The van der Waals surface area contributed by atoms with Crippen LogP contribution < -0.4 is 5.32 Å². The fraction of sp³-hybridized carbons (Fsp3) is 0.188. The topological polar surface area (TPSA) is 35.8 Å². The minimum atomic E-state index is -0.453. The fourth-order valence-electron chi connectivity index (χ4n) is 2.07. The van der Waals surface area contributed by atoms with Crippen LogP contribution in [0.25, 0.3) is 0 Å². The first kappa shape index (κ1) is 14.0. The van der Waals surface area contributed by atoms with Gasteiger partial charge < -0.3 is 5.32 Å². The molecule has 2 aromatic carbocycles. The Hall–Kier alpha value is -2.41. The molecule has 102 valence electrons. The maximum atomic E-state index is 13.3. The Morgan fingerprint density at radius 3 is 2.55 bits per heavy atom. The second kappa shape index (κ2) is 6.16. The van der Waals surface area contributed by atoms with Crippen molar-refractivity contribution < 1.29 is 8.78 Å². The van der Waals surface area contributed by atoms with Gasteiger partial charge in [0.05, 0.1) is 17.3 Å². The van der Waals surface area contributed by atoms with Crippen molar-refractivity contribution in [3.63, 3.8) is 0 Å². The Bertz CT molecular complexity index is 647. The number of hydrogen-bond donors (Lipinski definition) is 1. The molecule has 0 saturated heterocycles. The highest BCUT2D eigenvalue weighted by molar-refractivity contribution is 5.58. The predicted molar refractivity (Wildman–Crippen MR) is 74.2 cm³/mol. The number of nitrogens with one attached hydrogen (secondary N) is 1. The number of anilines is 1. The number of nitriles is 1. The van der Waals surface area contributed by atoms with Crippen LogP contribution in [-0.4, -0.2) is 0 Å². The van der Waals surface area contributed by atoms with Gasteiger partial charge in [-0.3, -0.25) is 0 Å². The van der Waals surface area contributed by atoms with Crippen molar-refractivity contribution in [1.82, 2.24) is 0 Å². The number of benzene rings is 2. The summed E-state index contributed by atoms with van der Waals surface area (Å²) in [7, 11) is 0. The molecule has 4 heteroatoms. The largest absolute Gasteiger partial charge is 0.377 e. The molecular formula is C16H14F2N2. The van der Waals surface area contributed by atoms with Crippen LogP contribution in [0.15, 0.2) is 42.5 Å². The maximum absolute atomic E-state index is 13.3. The van der Waals surface area contributed by atoms with Gasteiger partial charge in [0, 0.05) is 0 Å². The van der Waals surface area contributed by atoms with Gasteiger partial charge in [-0.1, -0.05) is 19.1 Å². The lowest BCUT2D eigenvalue weighted by Crippen LogP contribution is -2.11. The quantitative estimate of drug-likeness (QED) is 0.895. The molecule has 0 fully saturated rings. The van der Waals surface area contributed by atoms with Gasteiger partial charge in [-0.2, -0.15) is 5.26 Å². The Morgan fingerprint density at radius 2 is 1.90 bits per heavy atom. The van der Waals surface area contributed by atoms with Gasteiger partial charge >= 0.3 is 0 Å². The summed E-state index contributed by atoms with van der Waals surface area (Å²) in [4.78, 5) is 0. The minimum absolute atomic E-state index is 0.136. The average molecular weight is 272 g/mol. The first-order valence-electron chi connectivity index (χ1n) is 6.35. The van der Waals surface area contributed by atoms with Crippen LogP contribution in [0.4, 0.5) is 14.5 Å². The zero-order valence-corrected chi connectivity index (χ0v) is 11.0. The summed E-state index contributed by atoms with van der Waals surface area (Å²) in [5, 5.41) is 12.2. The zero-order valence-electron chi connectivity index (χ0n) is 11.0. The van der Waals surface area contributed by atoms with Crippen LogP contribution in [0, 0.1) is 23.0 Å². The molecule has 2 aromatic rings. The van der Waals surface area contributed by atoms with E-state index in [0.29, 0.717) is 12.1 Å². The van der Waals surface area contributed by atoms with E-state index in [1.165, 1.54) is 30.3 Å². The summed E-state index contributed by atoms with van der Waals surface area (Å²) in [6, 6.07) is 12.1.